The van der Waals surface area contributed by atoms with Crippen molar-refractivity contribution in [1.29, 1.82) is 5.26 Å². The van der Waals surface area contributed by atoms with Crippen LogP contribution in [0.15, 0.2) is 127 Å². The number of hydrogen-bond donors (Lipinski definition) is 0. The van der Waals surface area contributed by atoms with Crippen molar-refractivity contribution in [1.82, 2.24) is 9.13 Å². The van der Waals surface area contributed by atoms with E-state index in [0.29, 0.717) is 0 Å². The van der Waals surface area contributed by atoms with Crippen LogP contribution in [0.3, 0.4) is 0 Å². The molecular formula is C43H33N3. The van der Waals surface area contributed by atoms with Crippen molar-refractivity contribution in [2.75, 3.05) is 0 Å². The van der Waals surface area contributed by atoms with E-state index in [-0.39, 0.29) is 5.92 Å². The largest absolute Gasteiger partial charge is 0.316 e. The molecule has 2 aromatic heterocycles. The first-order valence-corrected chi connectivity index (χ1v) is 16.4. The van der Waals surface area contributed by atoms with Gasteiger partial charge in [0.25, 0.3) is 0 Å². The van der Waals surface area contributed by atoms with Gasteiger partial charge in [-0.15, -0.1) is 0 Å². The summed E-state index contributed by atoms with van der Waals surface area (Å²) in [6.07, 6.45) is 22.7. The van der Waals surface area contributed by atoms with E-state index in [1.165, 1.54) is 77.6 Å². The standard InChI is InChI=1S/C43H33N3/c44-28-29-12-8-17-33(26-29)46-41-25-7-5-19-37(41)39-23-11-21-35(43(39)46)31-14-9-13-30(27-31)34-20-10-22-38-36-18-4-6-24-40(36)45(42(34)38)32-15-2-1-3-16-32/h2,4-6,8-24,27,29H,1,3,7,25-26H2. The second-order valence-electron chi connectivity index (χ2n) is 12.6. The molecule has 0 radical (unpaired) electrons. The summed E-state index contributed by atoms with van der Waals surface area (Å²) >= 11 is 0. The van der Waals surface area contributed by atoms with Crippen LogP contribution in [0, 0.1) is 17.2 Å². The Labute approximate surface area is 269 Å². The quantitative estimate of drug-likeness (QED) is 0.201. The molecule has 4 aromatic carbocycles. The monoisotopic (exact) mass is 591 g/mol. The van der Waals surface area contributed by atoms with E-state index in [2.05, 4.69) is 143 Å². The maximum Gasteiger partial charge on any atom is 0.0701 e. The Kier molecular flexibility index (Phi) is 6.28. The van der Waals surface area contributed by atoms with Crippen LogP contribution in [0.4, 0.5) is 0 Å². The molecule has 9 rings (SSSR count). The van der Waals surface area contributed by atoms with E-state index in [1.54, 1.807) is 0 Å². The van der Waals surface area contributed by atoms with Gasteiger partial charge in [-0.1, -0.05) is 109 Å². The molecule has 0 fully saturated rings. The Bertz CT molecular complexity index is 2410. The van der Waals surface area contributed by atoms with Crippen LogP contribution in [-0.2, 0) is 6.42 Å². The number of nitrogens with zero attached hydrogens (tertiary/aromatic N) is 3. The summed E-state index contributed by atoms with van der Waals surface area (Å²) in [5.74, 6) is -0.107. The van der Waals surface area contributed by atoms with E-state index in [1.807, 2.05) is 6.08 Å². The van der Waals surface area contributed by atoms with Crippen LogP contribution in [0.5, 0.6) is 0 Å². The molecular weight excluding hydrogens is 558 g/mol. The Morgan fingerprint density at radius 1 is 0.696 bits per heavy atom. The molecule has 46 heavy (non-hydrogen) atoms. The summed E-state index contributed by atoms with van der Waals surface area (Å²) in [5.41, 5.74) is 13.7. The number of allylic oxidation sites excluding steroid dienone is 9. The summed E-state index contributed by atoms with van der Waals surface area (Å²) in [4.78, 5) is 0. The van der Waals surface area contributed by atoms with Gasteiger partial charge in [-0.05, 0) is 61.1 Å². The molecule has 220 valence electrons. The second-order valence-corrected chi connectivity index (χ2v) is 12.6. The van der Waals surface area contributed by atoms with Gasteiger partial charge in [-0.25, -0.2) is 0 Å². The summed E-state index contributed by atoms with van der Waals surface area (Å²) in [6, 6.07) is 33.8. The maximum atomic E-state index is 9.80. The number of para-hydroxylation sites is 3. The number of nitriles is 1. The van der Waals surface area contributed by atoms with Gasteiger partial charge in [-0.2, -0.15) is 5.26 Å². The molecule has 0 bridgehead atoms. The number of hydrogen-bond acceptors (Lipinski definition) is 1. The molecule has 0 saturated heterocycles. The van der Waals surface area contributed by atoms with Gasteiger partial charge in [0.15, 0.2) is 0 Å². The number of benzene rings is 4. The first-order valence-electron chi connectivity index (χ1n) is 16.4. The maximum absolute atomic E-state index is 9.80. The third-order valence-electron chi connectivity index (χ3n) is 9.89. The highest BCUT2D eigenvalue weighted by Gasteiger charge is 2.24. The zero-order valence-corrected chi connectivity index (χ0v) is 25.7. The molecule has 0 saturated carbocycles. The molecule has 3 aliphatic carbocycles. The minimum Gasteiger partial charge on any atom is -0.316 e. The molecule has 3 nitrogen and oxygen atoms in total. The average molecular weight is 592 g/mol. The molecule has 0 spiro atoms. The zero-order chi connectivity index (χ0) is 30.6. The molecule has 0 aliphatic heterocycles. The lowest BCUT2D eigenvalue weighted by atomic mass is 9.95. The molecule has 0 amide bonds. The first-order chi connectivity index (χ1) is 22.8. The van der Waals surface area contributed by atoms with E-state index in [4.69, 9.17) is 0 Å². The fourth-order valence-corrected chi connectivity index (χ4v) is 7.87. The lowest BCUT2D eigenvalue weighted by molar-refractivity contribution is 0.793. The van der Waals surface area contributed by atoms with Crippen LogP contribution in [0.2, 0.25) is 0 Å². The Balaban J connectivity index is 1.28. The minimum atomic E-state index is -0.107. The van der Waals surface area contributed by atoms with E-state index in [9.17, 15) is 5.26 Å². The van der Waals surface area contributed by atoms with Crippen molar-refractivity contribution in [2.24, 2.45) is 5.92 Å². The van der Waals surface area contributed by atoms with Gasteiger partial charge in [0, 0.05) is 56.4 Å². The molecule has 2 heterocycles. The zero-order valence-electron chi connectivity index (χ0n) is 25.7. The first kappa shape index (κ1) is 26.8. The van der Waals surface area contributed by atoms with Gasteiger partial charge in [0.1, 0.15) is 0 Å². The fourth-order valence-electron chi connectivity index (χ4n) is 7.87. The Hall–Kier alpha value is -5.59. The van der Waals surface area contributed by atoms with Crippen LogP contribution in [0.25, 0.3) is 72.4 Å². The van der Waals surface area contributed by atoms with Crippen LogP contribution < -0.4 is 0 Å². The van der Waals surface area contributed by atoms with Gasteiger partial charge >= 0.3 is 0 Å². The molecule has 1 unspecified atom stereocenters. The van der Waals surface area contributed by atoms with Crippen molar-refractivity contribution in [2.45, 2.75) is 32.1 Å². The SMILES string of the molecule is N#CC1C=CC=C(n2c3c(c4cccc(-c5cccc(-c6cccc7c8ccccc8n(C8=CCCC=C8)c67)c5)c42)C=CCC3)C1. The van der Waals surface area contributed by atoms with E-state index in [0.717, 1.165) is 32.1 Å². The highest BCUT2D eigenvalue weighted by Crippen LogP contribution is 2.43. The predicted octanol–water partition coefficient (Wildman–Crippen LogP) is 11.2. The molecule has 0 N–H and O–H groups in total. The Morgan fingerprint density at radius 2 is 1.43 bits per heavy atom. The smallest absolute Gasteiger partial charge is 0.0701 e. The summed E-state index contributed by atoms with van der Waals surface area (Å²) < 4.78 is 4.94. The third kappa shape index (κ3) is 4.11. The van der Waals surface area contributed by atoms with Gasteiger partial charge in [0.2, 0.25) is 0 Å². The van der Waals surface area contributed by atoms with Crippen molar-refractivity contribution >= 4 is 50.2 Å². The summed E-state index contributed by atoms with van der Waals surface area (Å²) in [5, 5.41) is 13.6. The van der Waals surface area contributed by atoms with Crippen LogP contribution >= 0.6 is 0 Å². The topological polar surface area (TPSA) is 33.6 Å². The second kappa shape index (κ2) is 10.8. The van der Waals surface area contributed by atoms with Gasteiger partial charge in [0.05, 0.1) is 28.5 Å². The number of aromatic nitrogens is 2. The highest BCUT2D eigenvalue weighted by molar-refractivity contribution is 6.15. The fraction of sp³-hybridized carbons (Fsp3) is 0.140. The number of rotatable bonds is 4. The Morgan fingerprint density at radius 3 is 2.24 bits per heavy atom. The van der Waals surface area contributed by atoms with E-state index >= 15 is 0 Å². The summed E-state index contributed by atoms with van der Waals surface area (Å²) in [6.45, 7) is 0. The van der Waals surface area contributed by atoms with Gasteiger partial charge < -0.3 is 9.13 Å². The van der Waals surface area contributed by atoms with Gasteiger partial charge in [-0.3, -0.25) is 0 Å². The van der Waals surface area contributed by atoms with E-state index < -0.39 is 0 Å². The summed E-state index contributed by atoms with van der Waals surface area (Å²) in [7, 11) is 0. The van der Waals surface area contributed by atoms with Crippen molar-refractivity contribution < 1.29 is 0 Å². The normalized spacial score (nSPS) is 17.3. The third-order valence-corrected chi connectivity index (χ3v) is 9.89. The lowest BCUT2D eigenvalue weighted by Crippen LogP contribution is -2.09. The average Bonchev–Trinajstić information content (AvgIpc) is 3.65. The highest BCUT2D eigenvalue weighted by atomic mass is 15.0. The number of fused-ring (bicyclic) bond motifs is 6. The van der Waals surface area contributed by atoms with Crippen LogP contribution in [-0.4, -0.2) is 9.13 Å². The van der Waals surface area contributed by atoms with Crippen molar-refractivity contribution in [3.05, 3.63) is 139 Å². The van der Waals surface area contributed by atoms with Crippen molar-refractivity contribution in [3.63, 3.8) is 0 Å². The molecule has 6 aromatic rings. The lowest BCUT2D eigenvalue weighted by Gasteiger charge is -2.21. The molecule has 1 atom stereocenters. The predicted molar refractivity (Wildman–Crippen MR) is 193 cm³/mol. The van der Waals surface area contributed by atoms with Crippen LogP contribution in [0.1, 0.15) is 36.9 Å². The molecule has 3 aliphatic rings. The minimum absolute atomic E-state index is 0.107. The van der Waals surface area contributed by atoms with Crippen molar-refractivity contribution in [3.8, 4) is 28.3 Å². The molecule has 3 heteroatoms.